The minimum absolute atomic E-state index is 0.0294. The highest BCUT2D eigenvalue weighted by Gasteiger charge is 2.39. The van der Waals surface area contributed by atoms with Crippen LogP contribution in [0.15, 0.2) is 38.3 Å². The number of aromatic nitrogens is 4. The molecule has 0 amide bonds. The Bertz CT molecular complexity index is 1280. The quantitative estimate of drug-likeness (QED) is 0.562. The van der Waals surface area contributed by atoms with Gasteiger partial charge in [0.15, 0.2) is 5.69 Å². The first-order valence-electron chi connectivity index (χ1n) is 7.90. The van der Waals surface area contributed by atoms with E-state index in [4.69, 9.17) is 21.6 Å². The summed E-state index contributed by atoms with van der Waals surface area (Å²) >= 11 is 8.79. The van der Waals surface area contributed by atoms with Gasteiger partial charge >= 0.3 is 6.18 Å². The van der Waals surface area contributed by atoms with Gasteiger partial charge in [-0.2, -0.15) is 23.5 Å². The van der Waals surface area contributed by atoms with Gasteiger partial charge in [-0.1, -0.05) is 11.6 Å². The number of nitrogens with zero attached hydrogens (tertiary/aromatic N) is 3. The molecule has 154 valence electrons. The zero-order valence-corrected chi connectivity index (χ0v) is 16.8. The van der Waals surface area contributed by atoms with Crippen LogP contribution in [0.1, 0.15) is 22.8 Å². The van der Waals surface area contributed by atoms with Crippen LogP contribution >= 0.6 is 27.5 Å². The standard InChI is InChI=1S/C17H8BrClF3N5O3/c18-11-4-9(26-27-15(11)28)5-12-24-14(17(20,21)22)13(16(29)25-12)30-10-2-7(6-23)1-8(19)3-10/h1-4H,5H2,(H,27,28)(H,24,25,29). The number of rotatable bonds is 4. The van der Waals surface area contributed by atoms with Crippen LogP contribution in [-0.2, 0) is 12.6 Å². The summed E-state index contributed by atoms with van der Waals surface area (Å²) in [7, 11) is 0. The second kappa shape index (κ2) is 8.29. The van der Waals surface area contributed by atoms with Crippen molar-refractivity contribution in [2.24, 2.45) is 0 Å². The fraction of sp³-hybridized carbons (Fsp3) is 0.118. The fourth-order valence-corrected chi connectivity index (χ4v) is 2.94. The van der Waals surface area contributed by atoms with E-state index in [0.29, 0.717) is 0 Å². The Morgan fingerprint density at radius 1 is 1.20 bits per heavy atom. The lowest BCUT2D eigenvalue weighted by Gasteiger charge is -2.13. The van der Waals surface area contributed by atoms with Crippen molar-refractivity contribution in [2.45, 2.75) is 12.6 Å². The van der Waals surface area contributed by atoms with Crippen molar-refractivity contribution in [1.82, 2.24) is 20.2 Å². The fourth-order valence-electron chi connectivity index (χ4n) is 2.37. The molecule has 0 unspecified atom stereocenters. The van der Waals surface area contributed by atoms with Crippen molar-refractivity contribution in [3.05, 3.63) is 77.2 Å². The summed E-state index contributed by atoms with van der Waals surface area (Å²) < 4.78 is 45.9. The number of hydrogen-bond donors (Lipinski definition) is 2. The number of aromatic amines is 2. The predicted molar refractivity (Wildman–Crippen MR) is 101 cm³/mol. The van der Waals surface area contributed by atoms with Gasteiger partial charge < -0.3 is 9.72 Å². The highest BCUT2D eigenvalue weighted by Crippen LogP contribution is 2.35. The summed E-state index contributed by atoms with van der Waals surface area (Å²) in [6, 6.07) is 6.61. The molecule has 0 atom stereocenters. The number of benzene rings is 1. The minimum Gasteiger partial charge on any atom is -0.449 e. The Labute approximate surface area is 178 Å². The molecule has 13 heteroatoms. The van der Waals surface area contributed by atoms with Crippen molar-refractivity contribution in [3.63, 3.8) is 0 Å². The maximum absolute atomic E-state index is 13.5. The molecule has 0 bridgehead atoms. The Morgan fingerprint density at radius 3 is 2.57 bits per heavy atom. The van der Waals surface area contributed by atoms with Gasteiger partial charge in [-0.3, -0.25) is 9.59 Å². The molecule has 1 aromatic carbocycles. The van der Waals surface area contributed by atoms with Gasteiger partial charge in [0.25, 0.3) is 11.1 Å². The third kappa shape index (κ3) is 4.87. The highest BCUT2D eigenvalue weighted by atomic mass is 79.9. The van der Waals surface area contributed by atoms with Crippen molar-refractivity contribution >= 4 is 27.5 Å². The van der Waals surface area contributed by atoms with Crippen LogP contribution in [0.2, 0.25) is 5.02 Å². The van der Waals surface area contributed by atoms with Crippen LogP contribution < -0.4 is 15.9 Å². The third-order valence-corrected chi connectivity index (χ3v) is 4.38. The van der Waals surface area contributed by atoms with Gasteiger partial charge in [-0.15, -0.1) is 0 Å². The number of H-pyrrole nitrogens is 2. The zero-order valence-electron chi connectivity index (χ0n) is 14.5. The van der Waals surface area contributed by atoms with E-state index in [1.807, 2.05) is 0 Å². The summed E-state index contributed by atoms with van der Waals surface area (Å²) in [5.41, 5.74) is -3.11. The second-order valence-corrected chi connectivity index (χ2v) is 7.08. The third-order valence-electron chi connectivity index (χ3n) is 3.57. The molecule has 2 heterocycles. The molecule has 0 aliphatic rings. The van der Waals surface area contributed by atoms with Crippen molar-refractivity contribution in [3.8, 4) is 17.6 Å². The lowest BCUT2D eigenvalue weighted by molar-refractivity contribution is -0.142. The summed E-state index contributed by atoms with van der Waals surface area (Å²) in [6.07, 6.45) is -5.32. The number of alkyl halides is 3. The SMILES string of the molecule is N#Cc1cc(Cl)cc(Oc2c(C(F)(F)F)nc(Cc3cc(Br)c(=O)[nH]n3)[nH]c2=O)c1. The maximum Gasteiger partial charge on any atom is 0.437 e. The summed E-state index contributed by atoms with van der Waals surface area (Å²) in [6.45, 7) is 0. The summed E-state index contributed by atoms with van der Waals surface area (Å²) in [4.78, 5) is 29.3. The Balaban J connectivity index is 2.05. The van der Waals surface area contributed by atoms with Crippen LogP contribution in [-0.4, -0.2) is 20.2 Å². The van der Waals surface area contributed by atoms with E-state index in [-0.39, 0.29) is 38.7 Å². The Hall–Kier alpha value is -3.17. The van der Waals surface area contributed by atoms with Crippen LogP contribution in [0.5, 0.6) is 11.5 Å². The molecule has 0 saturated heterocycles. The molecule has 0 saturated carbocycles. The summed E-state index contributed by atoms with van der Waals surface area (Å²) in [5, 5.41) is 14.8. The number of ether oxygens (including phenoxy) is 1. The first-order chi connectivity index (χ1) is 14.1. The van der Waals surface area contributed by atoms with Crippen LogP contribution in [0.4, 0.5) is 13.2 Å². The number of nitrogens with one attached hydrogen (secondary N) is 2. The molecule has 30 heavy (non-hydrogen) atoms. The molecule has 3 aromatic rings. The number of hydrogen-bond acceptors (Lipinski definition) is 6. The molecule has 3 rings (SSSR count). The zero-order chi connectivity index (χ0) is 22.1. The monoisotopic (exact) mass is 501 g/mol. The molecule has 0 fully saturated rings. The van der Waals surface area contributed by atoms with E-state index < -0.39 is 28.7 Å². The normalized spacial score (nSPS) is 11.2. The lowest BCUT2D eigenvalue weighted by atomic mass is 10.2. The van der Waals surface area contributed by atoms with E-state index in [2.05, 4.69) is 36.1 Å². The van der Waals surface area contributed by atoms with E-state index in [9.17, 15) is 22.8 Å². The van der Waals surface area contributed by atoms with Crippen molar-refractivity contribution in [1.29, 1.82) is 5.26 Å². The average molecular weight is 503 g/mol. The van der Waals surface area contributed by atoms with Crippen LogP contribution in [0.3, 0.4) is 0 Å². The summed E-state index contributed by atoms with van der Waals surface area (Å²) in [5.74, 6) is -1.70. The number of nitriles is 1. The van der Waals surface area contributed by atoms with Crippen LogP contribution in [0.25, 0.3) is 0 Å². The first kappa shape index (κ1) is 21.5. The van der Waals surface area contributed by atoms with E-state index >= 15 is 0 Å². The van der Waals surface area contributed by atoms with E-state index in [0.717, 1.165) is 12.1 Å². The van der Waals surface area contributed by atoms with Crippen LogP contribution in [0, 0.1) is 11.3 Å². The smallest absolute Gasteiger partial charge is 0.437 e. The predicted octanol–water partition coefficient (Wildman–Crippen LogP) is 3.54. The van der Waals surface area contributed by atoms with Gasteiger partial charge in [0, 0.05) is 11.4 Å². The molecule has 0 spiro atoms. The Kier molecular flexibility index (Phi) is 5.95. The molecule has 8 nitrogen and oxygen atoms in total. The van der Waals surface area contributed by atoms with E-state index in [1.165, 1.54) is 12.1 Å². The average Bonchev–Trinajstić information content (AvgIpc) is 2.65. The molecule has 0 aliphatic carbocycles. The van der Waals surface area contributed by atoms with Gasteiger partial charge in [0.2, 0.25) is 5.75 Å². The molecule has 0 radical (unpaired) electrons. The van der Waals surface area contributed by atoms with Gasteiger partial charge in [0.1, 0.15) is 11.6 Å². The maximum atomic E-state index is 13.5. The first-order valence-corrected chi connectivity index (χ1v) is 9.07. The van der Waals surface area contributed by atoms with E-state index in [1.54, 1.807) is 6.07 Å². The molecular formula is C17H8BrClF3N5O3. The molecular weight excluding hydrogens is 495 g/mol. The highest BCUT2D eigenvalue weighted by molar-refractivity contribution is 9.10. The minimum atomic E-state index is -5.02. The number of halogens is 5. The van der Waals surface area contributed by atoms with Gasteiger partial charge in [0.05, 0.1) is 21.8 Å². The van der Waals surface area contributed by atoms with Gasteiger partial charge in [-0.25, -0.2) is 10.1 Å². The second-order valence-electron chi connectivity index (χ2n) is 5.79. The largest absolute Gasteiger partial charge is 0.449 e. The molecule has 2 N–H and O–H groups in total. The Morgan fingerprint density at radius 2 is 1.93 bits per heavy atom. The van der Waals surface area contributed by atoms with Crippen molar-refractivity contribution in [2.75, 3.05) is 0 Å². The van der Waals surface area contributed by atoms with Gasteiger partial charge in [-0.05, 0) is 40.2 Å². The molecule has 0 aliphatic heterocycles. The lowest BCUT2D eigenvalue weighted by Crippen LogP contribution is -2.22. The topological polar surface area (TPSA) is 125 Å². The van der Waals surface area contributed by atoms with Crippen molar-refractivity contribution < 1.29 is 17.9 Å². The molecule has 2 aromatic heterocycles.